The lowest BCUT2D eigenvalue weighted by Crippen LogP contribution is -2.45. The fourth-order valence-electron chi connectivity index (χ4n) is 2.89. The van der Waals surface area contributed by atoms with Gasteiger partial charge in [-0.15, -0.1) is 21.5 Å². The number of likely N-dealkylation sites (tertiary alicyclic amines) is 1. The van der Waals surface area contributed by atoms with Crippen LogP contribution in [0.1, 0.15) is 35.0 Å². The first-order valence-electron chi connectivity index (χ1n) is 7.55. The highest BCUT2D eigenvalue weighted by atomic mass is 32.1. The molecule has 0 aromatic carbocycles. The summed E-state index contributed by atoms with van der Waals surface area (Å²) in [6.07, 6.45) is 3.78. The van der Waals surface area contributed by atoms with Crippen LogP contribution in [0.15, 0.2) is 17.8 Å². The fourth-order valence-corrected chi connectivity index (χ4v) is 3.73. The zero-order chi connectivity index (χ0) is 15.5. The van der Waals surface area contributed by atoms with Crippen LogP contribution < -0.4 is 5.32 Å². The van der Waals surface area contributed by atoms with Crippen LogP contribution in [0.3, 0.4) is 0 Å². The molecule has 0 spiro atoms. The first kappa shape index (κ1) is 15.0. The number of urea groups is 1. The number of thiophene rings is 1. The molecule has 2 aromatic heterocycles. The van der Waals surface area contributed by atoms with Crippen LogP contribution in [-0.4, -0.2) is 38.8 Å². The van der Waals surface area contributed by atoms with Gasteiger partial charge in [-0.3, -0.25) is 0 Å². The highest BCUT2D eigenvalue weighted by Crippen LogP contribution is 2.25. The zero-order valence-corrected chi connectivity index (χ0v) is 13.8. The number of hydrogen-bond donors (Lipinski definition) is 1. The van der Waals surface area contributed by atoms with E-state index in [9.17, 15) is 4.79 Å². The number of carbonyl (C=O) groups excluding carboxylic acids is 1. The van der Waals surface area contributed by atoms with Gasteiger partial charge < -0.3 is 14.8 Å². The molecule has 118 valence electrons. The molecule has 2 aromatic rings. The summed E-state index contributed by atoms with van der Waals surface area (Å²) in [5.41, 5.74) is 1.24. The first-order valence-corrected chi connectivity index (χ1v) is 8.42. The van der Waals surface area contributed by atoms with Crippen molar-refractivity contribution in [2.45, 2.75) is 32.2 Å². The maximum Gasteiger partial charge on any atom is 0.317 e. The van der Waals surface area contributed by atoms with E-state index in [-0.39, 0.29) is 11.9 Å². The van der Waals surface area contributed by atoms with Gasteiger partial charge in [-0.2, -0.15) is 0 Å². The lowest BCUT2D eigenvalue weighted by atomic mass is 9.97. The predicted molar refractivity (Wildman–Crippen MR) is 85.8 cm³/mol. The highest BCUT2D eigenvalue weighted by molar-refractivity contribution is 7.10. The first-order chi connectivity index (χ1) is 10.6. The van der Waals surface area contributed by atoms with Crippen molar-refractivity contribution in [1.29, 1.82) is 0 Å². The van der Waals surface area contributed by atoms with E-state index in [1.807, 2.05) is 16.5 Å². The summed E-state index contributed by atoms with van der Waals surface area (Å²) in [7, 11) is 1.95. The molecule has 6 nitrogen and oxygen atoms in total. The molecule has 1 fully saturated rings. The van der Waals surface area contributed by atoms with E-state index in [0.717, 1.165) is 25.2 Å². The van der Waals surface area contributed by atoms with Gasteiger partial charge in [-0.1, -0.05) is 0 Å². The predicted octanol–water partition coefficient (Wildman–Crippen LogP) is 2.27. The molecule has 1 N–H and O–H groups in total. The van der Waals surface area contributed by atoms with Gasteiger partial charge in [0.2, 0.25) is 0 Å². The summed E-state index contributed by atoms with van der Waals surface area (Å²) < 4.78 is 1.95. The SMILES string of the molecule is Cc1ccsc1CNC(=O)N1CCC[C@H](c2nncn2C)C1. The van der Waals surface area contributed by atoms with Crippen LogP contribution in [0.5, 0.6) is 0 Å². The largest absolute Gasteiger partial charge is 0.333 e. The lowest BCUT2D eigenvalue weighted by Gasteiger charge is -2.32. The summed E-state index contributed by atoms with van der Waals surface area (Å²) >= 11 is 1.68. The van der Waals surface area contributed by atoms with Gasteiger partial charge in [0.05, 0.1) is 6.54 Å². The Labute approximate surface area is 134 Å². The van der Waals surface area contributed by atoms with E-state index in [4.69, 9.17) is 0 Å². The van der Waals surface area contributed by atoms with E-state index < -0.39 is 0 Å². The van der Waals surface area contributed by atoms with Gasteiger partial charge >= 0.3 is 6.03 Å². The second-order valence-electron chi connectivity index (χ2n) is 5.77. The minimum atomic E-state index is 0.0136. The molecule has 0 saturated carbocycles. The fraction of sp³-hybridized carbons (Fsp3) is 0.533. The van der Waals surface area contributed by atoms with Crippen LogP contribution in [0.2, 0.25) is 0 Å². The number of amides is 2. The van der Waals surface area contributed by atoms with Crippen LogP contribution in [-0.2, 0) is 13.6 Å². The van der Waals surface area contributed by atoms with E-state index in [1.165, 1.54) is 10.4 Å². The van der Waals surface area contributed by atoms with Crippen molar-refractivity contribution in [2.24, 2.45) is 7.05 Å². The van der Waals surface area contributed by atoms with Crippen LogP contribution in [0.4, 0.5) is 4.79 Å². The second-order valence-corrected chi connectivity index (χ2v) is 6.77. The van der Waals surface area contributed by atoms with Gasteiger partial charge in [0.15, 0.2) is 0 Å². The smallest absolute Gasteiger partial charge is 0.317 e. The Morgan fingerprint density at radius 3 is 3.09 bits per heavy atom. The van der Waals surface area contributed by atoms with Crippen LogP contribution in [0, 0.1) is 6.92 Å². The molecular weight excluding hydrogens is 298 g/mol. The van der Waals surface area contributed by atoms with Crippen molar-refractivity contribution in [3.63, 3.8) is 0 Å². The zero-order valence-electron chi connectivity index (χ0n) is 13.0. The summed E-state index contributed by atoms with van der Waals surface area (Å²) in [5, 5.41) is 13.2. The maximum atomic E-state index is 12.4. The molecule has 7 heteroatoms. The molecule has 1 saturated heterocycles. The molecule has 3 rings (SSSR count). The van der Waals surface area contributed by atoms with Gasteiger partial charge in [-0.05, 0) is 36.8 Å². The van der Waals surface area contributed by atoms with Crippen molar-refractivity contribution in [3.8, 4) is 0 Å². The number of carbonyl (C=O) groups is 1. The topological polar surface area (TPSA) is 63.1 Å². The van der Waals surface area contributed by atoms with Gasteiger partial charge in [0, 0.05) is 30.9 Å². The third-order valence-electron chi connectivity index (χ3n) is 4.19. The Hall–Kier alpha value is -1.89. The Morgan fingerprint density at radius 1 is 1.55 bits per heavy atom. The Morgan fingerprint density at radius 2 is 2.41 bits per heavy atom. The number of aromatic nitrogens is 3. The monoisotopic (exact) mass is 319 g/mol. The van der Waals surface area contributed by atoms with E-state index >= 15 is 0 Å². The van der Waals surface area contributed by atoms with E-state index in [1.54, 1.807) is 17.7 Å². The maximum absolute atomic E-state index is 12.4. The second kappa shape index (κ2) is 6.48. The van der Waals surface area contributed by atoms with Gasteiger partial charge in [-0.25, -0.2) is 4.79 Å². The van der Waals surface area contributed by atoms with Crippen LogP contribution in [0.25, 0.3) is 0 Å². The Bertz CT molecular complexity index is 650. The number of nitrogens with one attached hydrogen (secondary N) is 1. The van der Waals surface area contributed by atoms with Crippen molar-refractivity contribution < 1.29 is 4.79 Å². The number of hydrogen-bond acceptors (Lipinski definition) is 4. The molecule has 1 aliphatic rings. The average molecular weight is 319 g/mol. The molecular formula is C15H21N5OS. The molecule has 0 unspecified atom stereocenters. The quantitative estimate of drug-likeness (QED) is 0.944. The average Bonchev–Trinajstić information content (AvgIpc) is 3.13. The molecule has 1 atom stereocenters. The standard InChI is InChI=1S/C15H21N5OS/c1-11-5-7-22-13(11)8-16-15(21)20-6-3-4-12(9-20)14-18-17-10-19(14)2/h5,7,10,12H,3-4,6,8-9H2,1-2H3,(H,16,21)/t12-/m0/s1. The normalized spacial score (nSPS) is 18.5. The Kier molecular flexibility index (Phi) is 4.42. The molecule has 0 bridgehead atoms. The molecule has 2 amide bonds. The third-order valence-corrected chi connectivity index (χ3v) is 5.21. The van der Waals surface area contributed by atoms with Crippen molar-refractivity contribution in [2.75, 3.05) is 13.1 Å². The number of aryl methyl sites for hydroxylation is 2. The third kappa shape index (κ3) is 3.14. The summed E-state index contributed by atoms with van der Waals surface area (Å²) in [5.74, 6) is 1.24. The summed E-state index contributed by atoms with van der Waals surface area (Å²) in [6, 6.07) is 2.09. The number of nitrogens with zero attached hydrogens (tertiary/aromatic N) is 4. The molecule has 3 heterocycles. The molecule has 1 aliphatic heterocycles. The van der Waals surface area contributed by atoms with Crippen molar-refractivity contribution in [1.82, 2.24) is 25.0 Å². The number of rotatable bonds is 3. The van der Waals surface area contributed by atoms with Gasteiger partial charge in [0.1, 0.15) is 12.2 Å². The van der Waals surface area contributed by atoms with Crippen molar-refractivity contribution >= 4 is 17.4 Å². The minimum Gasteiger partial charge on any atom is -0.333 e. The van der Waals surface area contributed by atoms with Crippen LogP contribution >= 0.6 is 11.3 Å². The lowest BCUT2D eigenvalue weighted by molar-refractivity contribution is 0.177. The summed E-state index contributed by atoms with van der Waals surface area (Å²) in [4.78, 5) is 15.5. The van der Waals surface area contributed by atoms with E-state index in [0.29, 0.717) is 13.1 Å². The molecule has 0 radical (unpaired) electrons. The summed E-state index contributed by atoms with van der Waals surface area (Å²) in [6.45, 7) is 4.20. The Balaban J connectivity index is 1.58. The molecule has 0 aliphatic carbocycles. The molecule has 22 heavy (non-hydrogen) atoms. The minimum absolute atomic E-state index is 0.0136. The highest BCUT2D eigenvalue weighted by Gasteiger charge is 2.27. The van der Waals surface area contributed by atoms with E-state index in [2.05, 4.69) is 33.9 Å². The number of piperidine rings is 1. The van der Waals surface area contributed by atoms with Crippen molar-refractivity contribution in [3.05, 3.63) is 34.0 Å². The van der Waals surface area contributed by atoms with Gasteiger partial charge in [0.25, 0.3) is 0 Å².